The second-order valence-corrected chi connectivity index (χ2v) is 3.92. The van der Waals surface area contributed by atoms with Crippen molar-refractivity contribution in [3.63, 3.8) is 0 Å². The quantitative estimate of drug-likeness (QED) is 0.857. The van der Waals surface area contributed by atoms with Gasteiger partial charge in [0.15, 0.2) is 0 Å². The van der Waals surface area contributed by atoms with Gasteiger partial charge in [-0.05, 0) is 49.7 Å². The molecule has 16 heavy (non-hydrogen) atoms. The Morgan fingerprint density at radius 1 is 1.25 bits per heavy atom. The van der Waals surface area contributed by atoms with Crippen LogP contribution in [0.1, 0.15) is 28.5 Å². The van der Waals surface area contributed by atoms with Gasteiger partial charge in [-0.2, -0.15) is 0 Å². The Kier molecular flexibility index (Phi) is 3.06. The number of rotatable bonds is 3. The predicted octanol–water partition coefficient (Wildman–Crippen LogP) is 2.60. The zero-order valence-corrected chi connectivity index (χ0v) is 9.82. The van der Waals surface area contributed by atoms with E-state index in [9.17, 15) is 0 Å². The highest BCUT2D eigenvalue weighted by atomic mass is 16.3. The van der Waals surface area contributed by atoms with Crippen LogP contribution >= 0.6 is 0 Å². The molecule has 84 valence electrons. The van der Waals surface area contributed by atoms with Crippen molar-refractivity contribution in [2.24, 2.45) is 0 Å². The lowest BCUT2D eigenvalue weighted by molar-refractivity contribution is 0.459. The predicted molar refractivity (Wildman–Crippen MR) is 63.3 cm³/mol. The van der Waals surface area contributed by atoms with E-state index >= 15 is 0 Å². The number of nitrogens with zero attached hydrogens (tertiary/aromatic N) is 1. The number of aryl methyl sites for hydroxylation is 2. The SMILES string of the molecule is CNC(c1cnccc1C)c1occc1C. The van der Waals surface area contributed by atoms with E-state index in [0.717, 1.165) is 16.9 Å². The first-order valence-corrected chi connectivity index (χ1v) is 5.35. The molecule has 0 aromatic carbocycles. The standard InChI is InChI=1S/C13H16N2O/c1-9-4-6-15-8-11(9)12(14-3)13-10(2)5-7-16-13/h4-8,12,14H,1-3H3. The molecule has 2 aromatic heterocycles. The molecule has 0 bridgehead atoms. The first kappa shape index (κ1) is 10.9. The molecule has 0 aliphatic rings. The lowest BCUT2D eigenvalue weighted by Gasteiger charge is -2.16. The zero-order chi connectivity index (χ0) is 11.5. The number of hydrogen-bond acceptors (Lipinski definition) is 3. The maximum atomic E-state index is 5.54. The van der Waals surface area contributed by atoms with Crippen LogP contribution in [0.5, 0.6) is 0 Å². The lowest BCUT2D eigenvalue weighted by Crippen LogP contribution is -2.19. The molecule has 1 atom stereocenters. The Morgan fingerprint density at radius 2 is 2.06 bits per heavy atom. The van der Waals surface area contributed by atoms with Crippen LogP contribution in [0.4, 0.5) is 0 Å². The van der Waals surface area contributed by atoms with E-state index in [0.29, 0.717) is 0 Å². The molecular formula is C13H16N2O. The Morgan fingerprint density at radius 3 is 2.62 bits per heavy atom. The average molecular weight is 216 g/mol. The Hall–Kier alpha value is -1.61. The van der Waals surface area contributed by atoms with Crippen LogP contribution in [-0.4, -0.2) is 12.0 Å². The van der Waals surface area contributed by atoms with Crippen molar-refractivity contribution in [2.45, 2.75) is 19.9 Å². The Labute approximate surface area is 95.5 Å². The number of furan rings is 1. The normalized spacial score (nSPS) is 12.7. The molecule has 0 fully saturated rings. The molecule has 0 aliphatic carbocycles. The summed E-state index contributed by atoms with van der Waals surface area (Å²) in [6.07, 6.45) is 5.42. The lowest BCUT2D eigenvalue weighted by atomic mass is 10.00. The van der Waals surface area contributed by atoms with Gasteiger partial charge < -0.3 is 9.73 Å². The zero-order valence-electron chi connectivity index (χ0n) is 9.82. The summed E-state index contributed by atoms with van der Waals surface area (Å²) >= 11 is 0. The van der Waals surface area contributed by atoms with Gasteiger partial charge in [0.1, 0.15) is 5.76 Å². The topological polar surface area (TPSA) is 38.1 Å². The third-order valence-electron chi connectivity index (χ3n) is 2.84. The molecule has 1 N–H and O–H groups in total. The van der Waals surface area contributed by atoms with Crippen molar-refractivity contribution < 1.29 is 4.42 Å². The summed E-state index contributed by atoms with van der Waals surface area (Å²) in [6.45, 7) is 4.13. The fraction of sp³-hybridized carbons (Fsp3) is 0.308. The summed E-state index contributed by atoms with van der Waals surface area (Å²) in [5.41, 5.74) is 3.52. The summed E-state index contributed by atoms with van der Waals surface area (Å²) < 4.78 is 5.54. The van der Waals surface area contributed by atoms with Crippen molar-refractivity contribution in [3.8, 4) is 0 Å². The fourth-order valence-corrected chi connectivity index (χ4v) is 1.89. The van der Waals surface area contributed by atoms with Crippen LogP contribution in [0.2, 0.25) is 0 Å². The van der Waals surface area contributed by atoms with E-state index in [-0.39, 0.29) is 6.04 Å². The third-order valence-corrected chi connectivity index (χ3v) is 2.84. The van der Waals surface area contributed by atoms with Gasteiger partial charge in [-0.1, -0.05) is 0 Å². The molecule has 2 aromatic rings. The summed E-state index contributed by atoms with van der Waals surface area (Å²) in [5, 5.41) is 3.27. The molecule has 2 rings (SSSR count). The van der Waals surface area contributed by atoms with Gasteiger partial charge in [0, 0.05) is 12.4 Å². The second kappa shape index (κ2) is 4.49. The first-order chi connectivity index (χ1) is 7.74. The molecule has 0 spiro atoms. The molecule has 0 saturated heterocycles. The molecule has 2 heterocycles. The monoisotopic (exact) mass is 216 g/mol. The third kappa shape index (κ3) is 1.86. The van der Waals surface area contributed by atoms with Crippen LogP contribution in [0, 0.1) is 13.8 Å². The minimum absolute atomic E-state index is 0.0729. The average Bonchev–Trinajstić information content (AvgIpc) is 2.69. The molecule has 0 radical (unpaired) electrons. The van der Waals surface area contributed by atoms with E-state index in [2.05, 4.69) is 24.1 Å². The van der Waals surface area contributed by atoms with Gasteiger partial charge in [0.25, 0.3) is 0 Å². The Balaban J connectivity index is 2.45. The highest BCUT2D eigenvalue weighted by molar-refractivity contribution is 5.33. The smallest absolute Gasteiger partial charge is 0.128 e. The van der Waals surface area contributed by atoms with E-state index in [1.165, 1.54) is 5.56 Å². The minimum atomic E-state index is 0.0729. The van der Waals surface area contributed by atoms with E-state index < -0.39 is 0 Å². The summed E-state index contributed by atoms with van der Waals surface area (Å²) in [6, 6.07) is 4.06. The van der Waals surface area contributed by atoms with E-state index in [1.54, 1.807) is 12.5 Å². The molecule has 0 amide bonds. The van der Waals surface area contributed by atoms with Gasteiger partial charge >= 0.3 is 0 Å². The largest absolute Gasteiger partial charge is 0.467 e. The van der Waals surface area contributed by atoms with Crippen LogP contribution in [0.15, 0.2) is 35.2 Å². The van der Waals surface area contributed by atoms with Gasteiger partial charge in [-0.25, -0.2) is 0 Å². The van der Waals surface area contributed by atoms with Crippen molar-refractivity contribution >= 4 is 0 Å². The first-order valence-electron chi connectivity index (χ1n) is 5.35. The number of pyridine rings is 1. The number of nitrogens with one attached hydrogen (secondary N) is 1. The van der Waals surface area contributed by atoms with Gasteiger partial charge in [-0.3, -0.25) is 4.98 Å². The van der Waals surface area contributed by atoms with Gasteiger partial charge in [-0.15, -0.1) is 0 Å². The number of hydrogen-bond donors (Lipinski definition) is 1. The van der Waals surface area contributed by atoms with Crippen molar-refractivity contribution in [1.82, 2.24) is 10.3 Å². The van der Waals surface area contributed by atoms with Gasteiger partial charge in [0.2, 0.25) is 0 Å². The highest BCUT2D eigenvalue weighted by Crippen LogP contribution is 2.26. The Bertz CT molecular complexity index is 476. The van der Waals surface area contributed by atoms with Crippen molar-refractivity contribution in [3.05, 3.63) is 53.2 Å². The highest BCUT2D eigenvalue weighted by Gasteiger charge is 2.19. The molecule has 3 nitrogen and oxygen atoms in total. The van der Waals surface area contributed by atoms with E-state index in [4.69, 9.17) is 4.42 Å². The van der Waals surface area contributed by atoms with Crippen LogP contribution in [0.25, 0.3) is 0 Å². The van der Waals surface area contributed by atoms with Crippen LogP contribution < -0.4 is 5.32 Å². The van der Waals surface area contributed by atoms with Crippen molar-refractivity contribution in [2.75, 3.05) is 7.05 Å². The summed E-state index contributed by atoms with van der Waals surface area (Å²) in [4.78, 5) is 4.17. The molecule has 1 unspecified atom stereocenters. The van der Waals surface area contributed by atoms with Crippen molar-refractivity contribution in [1.29, 1.82) is 0 Å². The summed E-state index contributed by atoms with van der Waals surface area (Å²) in [5.74, 6) is 0.957. The molecule has 3 heteroatoms. The van der Waals surface area contributed by atoms with Crippen LogP contribution in [-0.2, 0) is 0 Å². The van der Waals surface area contributed by atoms with E-state index in [1.807, 2.05) is 25.4 Å². The fourth-order valence-electron chi connectivity index (χ4n) is 1.89. The molecule has 0 saturated carbocycles. The maximum Gasteiger partial charge on any atom is 0.128 e. The second-order valence-electron chi connectivity index (χ2n) is 3.92. The maximum absolute atomic E-state index is 5.54. The van der Waals surface area contributed by atoms with Crippen LogP contribution in [0.3, 0.4) is 0 Å². The minimum Gasteiger partial charge on any atom is -0.467 e. The number of aromatic nitrogens is 1. The van der Waals surface area contributed by atoms with Gasteiger partial charge in [0.05, 0.1) is 12.3 Å². The molecule has 0 aliphatic heterocycles. The molecular weight excluding hydrogens is 200 g/mol. The summed E-state index contributed by atoms with van der Waals surface area (Å²) in [7, 11) is 1.93.